The molecule has 0 amide bonds. The Morgan fingerprint density at radius 3 is 2.56 bits per heavy atom. The number of rotatable bonds is 2. The van der Waals surface area contributed by atoms with Gasteiger partial charge in [0.05, 0.1) is 11.4 Å². The quantitative estimate of drug-likeness (QED) is 0.778. The first-order valence-corrected chi connectivity index (χ1v) is 7.75. The first-order valence-electron chi connectivity index (χ1n) is 6.19. The smallest absolute Gasteiger partial charge is 0.308 e. The highest BCUT2D eigenvalue weighted by atomic mass is 32.3. The van der Waals surface area contributed by atoms with Crippen LogP contribution in [0.25, 0.3) is 0 Å². The van der Waals surface area contributed by atoms with Crippen LogP contribution >= 0.6 is 0 Å². The van der Waals surface area contributed by atoms with Gasteiger partial charge in [-0.25, -0.2) is 4.98 Å². The molecule has 0 saturated carbocycles. The minimum Gasteiger partial charge on any atom is -0.331 e. The number of hydrogen-bond donors (Lipinski definition) is 0. The van der Waals surface area contributed by atoms with Crippen molar-refractivity contribution in [1.82, 2.24) is 9.55 Å². The van der Waals surface area contributed by atoms with Gasteiger partial charge in [-0.2, -0.15) is 8.42 Å². The van der Waals surface area contributed by atoms with Gasteiger partial charge < -0.3 is 4.57 Å². The maximum Gasteiger partial charge on any atom is 0.308 e. The monoisotopic (exact) mass is 274 g/mol. The molecule has 2 heterocycles. The van der Waals surface area contributed by atoms with Crippen LogP contribution in [0, 0.1) is 0 Å². The van der Waals surface area contributed by atoms with Crippen molar-refractivity contribution in [2.24, 2.45) is 0 Å². The summed E-state index contributed by atoms with van der Waals surface area (Å²) in [5.74, 6) is 0.330. The molecule has 6 heteroatoms. The van der Waals surface area contributed by atoms with Gasteiger partial charge in [-0.1, -0.05) is 20.8 Å². The average molecular weight is 274 g/mol. The highest BCUT2D eigenvalue weighted by Crippen LogP contribution is 2.30. The van der Waals surface area contributed by atoms with Crippen LogP contribution in [0.15, 0.2) is 0 Å². The van der Waals surface area contributed by atoms with E-state index in [2.05, 4.69) is 4.98 Å². The van der Waals surface area contributed by atoms with Crippen LogP contribution < -0.4 is 0 Å². The Labute approximate surface area is 107 Å². The number of fused-ring (bicyclic) bond motifs is 1. The van der Waals surface area contributed by atoms with Gasteiger partial charge >= 0.3 is 10.2 Å². The zero-order valence-electron chi connectivity index (χ0n) is 11.0. The fourth-order valence-electron chi connectivity index (χ4n) is 2.46. The lowest BCUT2D eigenvalue weighted by molar-refractivity contribution is 0.506. The van der Waals surface area contributed by atoms with Gasteiger partial charge in [-0.05, 0) is 12.8 Å². The number of aromatic nitrogens is 2. The SMILES string of the molecule is CC(C)(C)c1nc2n(c1CS(=O)(=O)F)CCCC2. The van der Waals surface area contributed by atoms with Crippen molar-refractivity contribution in [3.63, 3.8) is 0 Å². The molecule has 102 valence electrons. The maximum atomic E-state index is 13.0. The van der Waals surface area contributed by atoms with E-state index in [1.807, 2.05) is 25.3 Å². The van der Waals surface area contributed by atoms with E-state index in [1.165, 1.54) is 0 Å². The van der Waals surface area contributed by atoms with Gasteiger partial charge in [-0.15, -0.1) is 3.89 Å². The van der Waals surface area contributed by atoms with Crippen molar-refractivity contribution in [3.8, 4) is 0 Å². The minimum atomic E-state index is -4.52. The molecule has 0 bridgehead atoms. The molecule has 1 aromatic heterocycles. The van der Waals surface area contributed by atoms with Gasteiger partial charge in [0, 0.05) is 18.4 Å². The zero-order valence-corrected chi connectivity index (χ0v) is 11.8. The number of imidazole rings is 1. The molecule has 0 spiro atoms. The fourth-order valence-corrected chi connectivity index (χ4v) is 3.07. The van der Waals surface area contributed by atoms with E-state index in [4.69, 9.17) is 0 Å². The zero-order chi connectivity index (χ0) is 13.6. The van der Waals surface area contributed by atoms with Gasteiger partial charge in [0.25, 0.3) is 0 Å². The largest absolute Gasteiger partial charge is 0.331 e. The van der Waals surface area contributed by atoms with Crippen molar-refractivity contribution < 1.29 is 12.3 Å². The molecule has 0 saturated heterocycles. The first kappa shape index (κ1) is 13.5. The van der Waals surface area contributed by atoms with Crippen LogP contribution in [0.5, 0.6) is 0 Å². The summed E-state index contributed by atoms with van der Waals surface area (Å²) in [6, 6.07) is 0. The van der Waals surface area contributed by atoms with E-state index in [0.29, 0.717) is 11.4 Å². The number of halogens is 1. The fraction of sp³-hybridized carbons (Fsp3) is 0.750. The van der Waals surface area contributed by atoms with E-state index < -0.39 is 16.0 Å². The Hall–Kier alpha value is -0.910. The summed E-state index contributed by atoms with van der Waals surface area (Å²) < 4.78 is 36.8. The third-order valence-corrected chi connectivity index (χ3v) is 3.82. The summed E-state index contributed by atoms with van der Waals surface area (Å²) >= 11 is 0. The second-order valence-electron chi connectivity index (χ2n) is 5.87. The van der Waals surface area contributed by atoms with Crippen molar-refractivity contribution in [3.05, 3.63) is 17.2 Å². The van der Waals surface area contributed by atoms with E-state index >= 15 is 0 Å². The lowest BCUT2D eigenvalue weighted by Crippen LogP contribution is -2.18. The molecule has 0 unspecified atom stereocenters. The van der Waals surface area contributed by atoms with Crippen LogP contribution in [0.1, 0.15) is 50.8 Å². The Morgan fingerprint density at radius 2 is 2.00 bits per heavy atom. The molecule has 0 N–H and O–H groups in total. The maximum absolute atomic E-state index is 13.0. The average Bonchev–Trinajstić information content (AvgIpc) is 2.55. The second-order valence-corrected chi connectivity index (χ2v) is 7.23. The highest BCUT2D eigenvalue weighted by molar-refractivity contribution is 7.85. The summed E-state index contributed by atoms with van der Waals surface area (Å²) in [6.45, 7) is 6.64. The number of nitrogens with zero attached hydrogens (tertiary/aromatic N) is 2. The third-order valence-electron chi connectivity index (χ3n) is 3.20. The van der Waals surface area contributed by atoms with Crippen molar-refractivity contribution in [1.29, 1.82) is 0 Å². The molecule has 18 heavy (non-hydrogen) atoms. The summed E-state index contributed by atoms with van der Waals surface area (Å²) in [7, 11) is -4.52. The molecule has 1 aromatic rings. The Morgan fingerprint density at radius 1 is 1.33 bits per heavy atom. The van der Waals surface area contributed by atoms with Crippen molar-refractivity contribution in [2.45, 2.75) is 57.7 Å². The predicted molar refractivity (Wildman–Crippen MR) is 67.6 cm³/mol. The lowest BCUT2D eigenvalue weighted by atomic mass is 9.91. The third kappa shape index (κ3) is 2.74. The summed E-state index contributed by atoms with van der Waals surface area (Å²) in [4.78, 5) is 4.54. The van der Waals surface area contributed by atoms with Crippen LogP contribution in [0.4, 0.5) is 3.89 Å². The normalized spacial score (nSPS) is 16.7. The molecule has 2 rings (SSSR count). The molecular formula is C12H19FN2O2S. The predicted octanol–water partition coefficient (Wildman–Crippen LogP) is 2.32. The molecule has 0 atom stereocenters. The topological polar surface area (TPSA) is 52.0 Å². The molecule has 0 radical (unpaired) electrons. The van der Waals surface area contributed by atoms with Crippen molar-refractivity contribution >= 4 is 10.2 Å². The Bertz CT molecular complexity index is 555. The standard InChI is InChI=1S/C12H19FN2O2S/c1-12(2,3)11-9(8-18(13,16)17)15-7-5-4-6-10(15)14-11/h4-8H2,1-3H3. The highest BCUT2D eigenvalue weighted by Gasteiger charge is 2.29. The van der Waals surface area contributed by atoms with Gasteiger partial charge in [0.15, 0.2) is 0 Å². The van der Waals surface area contributed by atoms with Crippen LogP contribution in [0.2, 0.25) is 0 Å². The molecule has 0 aliphatic carbocycles. The number of aryl methyl sites for hydroxylation is 1. The Kier molecular flexibility index (Phi) is 3.25. The molecule has 0 fully saturated rings. The summed E-state index contributed by atoms with van der Waals surface area (Å²) in [5.41, 5.74) is 0.963. The van der Waals surface area contributed by atoms with E-state index in [-0.39, 0.29) is 5.41 Å². The molecular weight excluding hydrogens is 255 g/mol. The molecule has 1 aliphatic rings. The molecule has 1 aliphatic heterocycles. The van der Waals surface area contributed by atoms with Crippen molar-refractivity contribution in [2.75, 3.05) is 0 Å². The lowest BCUT2D eigenvalue weighted by Gasteiger charge is -2.19. The van der Waals surface area contributed by atoms with Gasteiger partial charge in [0.2, 0.25) is 0 Å². The van der Waals surface area contributed by atoms with Crippen LogP contribution in [0.3, 0.4) is 0 Å². The molecule has 4 nitrogen and oxygen atoms in total. The van der Waals surface area contributed by atoms with E-state index in [9.17, 15) is 12.3 Å². The first-order chi connectivity index (χ1) is 8.18. The second kappa shape index (κ2) is 4.33. The Balaban J connectivity index is 2.56. The minimum absolute atomic E-state index is 0.273. The molecule has 0 aromatic carbocycles. The summed E-state index contributed by atoms with van der Waals surface area (Å²) in [6.07, 6.45) is 2.89. The van der Waals surface area contributed by atoms with Gasteiger partial charge in [-0.3, -0.25) is 0 Å². The van der Waals surface area contributed by atoms with E-state index in [1.54, 1.807) is 0 Å². The number of hydrogen-bond acceptors (Lipinski definition) is 3. The van der Waals surface area contributed by atoms with E-state index in [0.717, 1.165) is 31.6 Å². The van der Waals surface area contributed by atoms with Crippen LogP contribution in [-0.2, 0) is 34.4 Å². The van der Waals surface area contributed by atoms with Gasteiger partial charge in [0.1, 0.15) is 11.6 Å². The summed E-state index contributed by atoms with van der Waals surface area (Å²) in [5, 5.41) is 0. The van der Waals surface area contributed by atoms with Crippen LogP contribution in [-0.4, -0.2) is 18.0 Å².